The molecule has 0 radical (unpaired) electrons. The summed E-state index contributed by atoms with van der Waals surface area (Å²) in [4.78, 5) is 12.7. The molecule has 1 saturated heterocycles. The number of piperidine rings is 1. The van der Waals surface area contributed by atoms with Crippen molar-refractivity contribution in [3.63, 3.8) is 0 Å². The molecule has 1 fully saturated rings. The van der Waals surface area contributed by atoms with E-state index in [1.54, 1.807) is 24.3 Å². The van der Waals surface area contributed by atoms with Crippen molar-refractivity contribution in [3.8, 4) is 5.75 Å². The van der Waals surface area contributed by atoms with Crippen molar-refractivity contribution in [2.24, 2.45) is 5.92 Å². The number of hydrogen-bond acceptors (Lipinski definition) is 6. The average Bonchev–Trinajstić information content (AvgIpc) is 2.80. The molecule has 0 unspecified atom stereocenters. The predicted octanol–water partition coefficient (Wildman–Crippen LogP) is 2.64. The Bertz CT molecular complexity index is 1180. The van der Waals surface area contributed by atoms with Gasteiger partial charge in [0.05, 0.1) is 24.3 Å². The zero-order chi connectivity index (χ0) is 24.1. The molecule has 9 nitrogen and oxygen atoms in total. The Hall–Kier alpha value is -2.63. The number of carbonyl (C=O) groups is 1. The van der Waals surface area contributed by atoms with Crippen molar-refractivity contribution in [1.82, 2.24) is 4.31 Å². The molecule has 1 aliphatic rings. The molecule has 0 aliphatic carbocycles. The topological polar surface area (TPSA) is 122 Å². The molecule has 2 aromatic carbocycles. The van der Waals surface area contributed by atoms with Crippen molar-refractivity contribution in [2.45, 2.75) is 25.5 Å². The summed E-state index contributed by atoms with van der Waals surface area (Å²) in [5.74, 6) is -0.379. The van der Waals surface area contributed by atoms with Gasteiger partial charge in [-0.1, -0.05) is 30.3 Å². The van der Waals surface area contributed by atoms with Crippen LogP contribution in [-0.4, -0.2) is 53.0 Å². The van der Waals surface area contributed by atoms with Crippen molar-refractivity contribution in [2.75, 3.05) is 36.0 Å². The molecule has 1 heterocycles. The average molecular weight is 496 g/mol. The minimum absolute atomic E-state index is 0.0569. The number of benzene rings is 2. The summed E-state index contributed by atoms with van der Waals surface area (Å²) in [6, 6.07) is 13.7. The number of hydrogen-bond donors (Lipinski definition) is 2. The van der Waals surface area contributed by atoms with Crippen LogP contribution in [-0.2, 0) is 30.6 Å². The van der Waals surface area contributed by atoms with E-state index in [1.165, 1.54) is 24.4 Å². The maximum atomic E-state index is 12.7. The number of amides is 1. The number of carbonyl (C=O) groups excluding carboxylic acids is 1. The van der Waals surface area contributed by atoms with E-state index in [0.717, 1.165) is 5.56 Å². The lowest BCUT2D eigenvalue weighted by atomic mass is 9.97. The predicted molar refractivity (Wildman–Crippen MR) is 128 cm³/mol. The van der Waals surface area contributed by atoms with Gasteiger partial charge in [-0.2, -0.15) is 0 Å². The van der Waals surface area contributed by atoms with Crippen LogP contribution in [0.15, 0.2) is 48.5 Å². The Labute approximate surface area is 195 Å². The van der Waals surface area contributed by atoms with Gasteiger partial charge in [0.15, 0.2) is 0 Å². The summed E-state index contributed by atoms with van der Waals surface area (Å²) in [7, 11) is -5.50. The van der Waals surface area contributed by atoms with Crippen LogP contribution in [0, 0.1) is 5.92 Å². The van der Waals surface area contributed by atoms with Gasteiger partial charge in [0.1, 0.15) is 5.75 Å². The van der Waals surface area contributed by atoms with Crippen LogP contribution in [0.4, 0.5) is 11.4 Å². The Morgan fingerprint density at radius 2 is 1.73 bits per heavy atom. The van der Waals surface area contributed by atoms with Gasteiger partial charge < -0.3 is 10.1 Å². The van der Waals surface area contributed by atoms with Crippen LogP contribution in [0.5, 0.6) is 5.75 Å². The molecule has 0 atom stereocenters. The maximum Gasteiger partial charge on any atom is 0.232 e. The number of rotatable bonds is 9. The van der Waals surface area contributed by atoms with Crippen molar-refractivity contribution >= 4 is 37.3 Å². The molecule has 0 spiro atoms. The molecular formula is C22H29N3O6S2. The molecule has 11 heteroatoms. The molecule has 0 aromatic heterocycles. The van der Waals surface area contributed by atoms with Crippen LogP contribution in [0.25, 0.3) is 0 Å². The first kappa shape index (κ1) is 25.0. The highest BCUT2D eigenvalue weighted by atomic mass is 32.2. The summed E-state index contributed by atoms with van der Waals surface area (Å²) >= 11 is 0. The molecule has 0 bridgehead atoms. The Morgan fingerprint density at radius 1 is 1.06 bits per heavy atom. The normalized spacial score (nSPS) is 15.7. The fourth-order valence-electron chi connectivity index (χ4n) is 3.61. The lowest BCUT2D eigenvalue weighted by Crippen LogP contribution is -2.41. The smallest absolute Gasteiger partial charge is 0.232 e. The molecule has 2 aromatic rings. The SMILES string of the molecule is CCS(=O)(=O)Nc1ccc(NC(=O)C2CCN(S(=O)(=O)Cc3ccccc3)CC2)cc1OC. The molecular weight excluding hydrogens is 466 g/mol. The van der Waals surface area contributed by atoms with E-state index >= 15 is 0 Å². The summed E-state index contributed by atoms with van der Waals surface area (Å²) in [6.45, 7) is 2.10. The molecule has 1 aliphatic heterocycles. The van der Waals surface area contributed by atoms with Gasteiger partial charge in [0, 0.05) is 30.8 Å². The number of sulfonamides is 2. The highest BCUT2D eigenvalue weighted by Gasteiger charge is 2.31. The van der Waals surface area contributed by atoms with Gasteiger partial charge in [-0.3, -0.25) is 9.52 Å². The zero-order valence-corrected chi connectivity index (χ0v) is 20.3. The van der Waals surface area contributed by atoms with E-state index in [9.17, 15) is 21.6 Å². The van der Waals surface area contributed by atoms with Gasteiger partial charge in [-0.05, 0) is 37.5 Å². The largest absolute Gasteiger partial charge is 0.494 e. The number of ether oxygens (including phenoxy) is 1. The first-order valence-corrected chi connectivity index (χ1v) is 13.9. The second-order valence-corrected chi connectivity index (χ2v) is 11.8. The highest BCUT2D eigenvalue weighted by molar-refractivity contribution is 7.92. The van der Waals surface area contributed by atoms with E-state index < -0.39 is 20.0 Å². The number of methoxy groups -OCH3 is 1. The number of nitrogens with zero attached hydrogens (tertiary/aromatic N) is 1. The monoisotopic (exact) mass is 495 g/mol. The van der Waals surface area contributed by atoms with Gasteiger partial charge in [-0.15, -0.1) is 0 Å². The third-order valence-electron chi connectivity index (χ3n) is 5.52. The lowest BCUT2D eigenvalue weighted by molar-refractivity contribution is -0.120. The Balaban J connectivity index is 1.59. The van der Waals surface area contributed by atoms with E-state index in [0.29, 0.717) is 18.5 Å². The van der Waals surface area contributed by atoms with Crippen LogP contribution in [0.3, 0.4) is 0 Å². The fraction of sp³-hybridized carbons (Fsp3) is 0.409. The molecule has 0 saturated carbocycles. The van der Waals surface area contributed by atoms with E-state index in [-0.39, 0.29) is 47.9 Å². The molecule has 3 rings (SSSR count). The highest BCUT2D eigenvalue weighted by Crippen LogP contribution is 2.30. The second-order valence-electron chi connectivity index (χ2n) is 7.82. The Kier molecular flexibility index (Phi) is 7.98. The lowest BCUT2D eigenvalue weighted by Gasteiger charge is -2.30. The molecule has 2 N–H and O–H groups in total. The molecule has 1 amide bonds. The minimum atomic E-state index is -3.47. The van der Waals surface area contributed by atoms with Gasteiger partial charge in [-0.25, -0.2) is 21.1 Å². The van der Waals surface area contributed by atoms with Crippen molar-refractivity contribution in [3.05, 3.63) is 54.1 Å². The quantitative estimate of drug-likeness (QED) is 0.552. The zero-order valence-electron chi connectivity index (χ0n) is 18.7. The third-order valence-corrected chi connectivity index (χ3v) is 8.67. The van der Waals surface area contributed by atoms with Crippen LogP contribution in [0.1, 0.15) is 25.3 Å². The number of anilines is 2. The van der Waals surface area contributed by atoms with Gasteiger partial charge in [0.2, 0.25) is 26.0 Å². The van der Waals surface area contributed by atoms with E-state index in [4.69, 9.17) is 4.74 Å². The molecule has 180 valence electrons. The second kappa shape index (κ2) is 10.5. The van der Waals surface area contributed by atoms with Crippen LogP contribution < -0.4 is 14.8 Å². The minimum Gasteiger partial charge on any atom is -0.494 e. The van der Waals surface area contributed by atoms with Crippen LogP contribution in [0.2, 0.25) is 0 Å². The summed E-state index contributed by atoms with van der Waals surface area (Å²) in [5.41, 5.74) is 1.49. The summed E-state index contributed by atoms with van der Waals surface area (Å²) < 4.78 is 58.2. The van der Waals surface area contributed by atoms with E-state index in [1.807, 2.05) is 18.2 Å². The molecule has 33 heavy (non-hydrogen) atoms. The first-order chi connectivity index (χ1) is 15.6. The van der Waals surface area contributed by atoms with Gasteiger partial charge >= 0.3 is 0 Å². The number of nitrogens with one attached hydrogen (secondary N) is 2. The Morgan fingerprint density at radius 3 is 2.33 bits per heavy atom. The van der Waals surface area contributed by atoms with E-state index in [2.05, 4.69) is 10.0 Å². The first-order valence-electron chi connectivity index (χ1n) is 10.6. The van der Waals surface area contributed by atoms with Crippen LogP contribution >= 0.6 is 0 Å². The maximum absolute atomic E-state index is 12.7. The van der Waals surface area contributed by atoms with Crippen molar-refractivity contribution in [1.29, 1.82) is 0 Å². The summed E-state index contributed by atoms with van der Waals surface area (Å²) in [6.07, 6.45) is 0.844. The standard InChI is InChI=1S/C22H29N3O6S2/c1-3-32(27,28)24-20-10-9-19(15-21(20)31-2)23-22(26)18-11-13-25(14-12-18)33(29,30)16-17-7-5-4-6-8-17/h4-10,15,18,24H,3,11-14,16H2,1-2H3,(H,23,26). The fourth-order valence-corrected chi connectivity index (χ4v) is 5.82. The van der Waals surface area contributed by atoms with Gasteiger partial charge in [0.25, 0.3) is 0 Å². The third kappa shape index (κ3) is 6.68. The van der Waals surface area contributed by atoms with Crippen molar-refractivity contribution < 1.29 is 26.4 Å². The summed E-state index contributed by atoms with van der Waals surface area (Å²) in [5, 5.41) is 2.82.